The van der Waals surface area contributed by atoms with Gasteiger partial charge in [0.15, 0.2) is 28.7 Å². The van der Waals surface area contributed by atoms with Crippen molar-refractivity contribution in [3.63, 3.8) is 0 Å². The van der Waals surface area contributed by atoms with E-state index in [1.807, 2.05) is 0 Å². The Kier molecular flexibility index (Phi) is 10.5. The molecule has 0 unspecified atom stereocenters. The molecule has 0 amide bonds. The zero-order valence-electron chi connectivity index (χ0n) is 17.6. The highest BCUT2D eigenvalue weighted by Crippen LogP contribution is 2.32. The van der Waals surface area contributed by atoms with Crippen LogP contribution < -0.4 is 0 Å². The molecule has 4 aromatic carbocycles. The third-order valence-corrected chi connectivity index (χ3v) is 3.59. The van der Waals surface area contributed by atoms with Crippen LogP contribution in [0, 0.1) is 0 Å². The molecule has 0 radical (unpaired) electrons. The second-order valence-electron chi connectivity index (χ2n) is 6.36. The lowest BCUT2D eigenvalue weighted by molar-refractivity contribution is 0.368. The summed E-state index contributed by atoms with van der Waals surface area (Å²) in [5, 5.41) is 86.8. The fourth-order valence-electron chi connectivity index (χ4n) is 2.06. The largest absolute Gasteiger partial charge is 0.508 e. The van der Waals surface area contributed by atoms with Crippen LogP contribution in [0.25, 0.3) is 0 Å². The van der Waals surface area contributed by atoms with E-state index in [0.29, 0.717) is 0 Å². The van der Waals surface area contributed by atoms with Crippen molar-refractivity contribution >= 4 is 0 Å². The molecule has 10 heteroatoms. The van der Waals surface area contributed by atoms with Gasteiger partial charge in [0.05, 0.1) is 0 Å². The minimum Gasteiger partial charge on any atom is -0.508 e. The first-order chi connectivity index (χ1) is 16.0. The first-order valence-corrected chi connectivity index (χ1v) is 9.36. The van der Waals surface area contributed by atoms with Crippen LogP contribution in [0.3, 0.4) is 0 Å². The molecular weight excluding hydrogens is 448 g/mol. The monoisotopic (exact) mass is 472 g/mol. The third kappa shape index (κ3) is 10.3. The van der Waals surface area contributed by atoms with Gasteiger partial charge in [-0.2, -0.15) is 0 Å². The van der Waals surface area contributed by atoms with Gasteiger partial charge in [0.2, 0.25) is 0 Å². The Hall–Kier alpha value is -5.12. The maximum absolute atomic E-state index is 8.71. The summed E-state index contributed by atoms with van der Waals surface area (Å²) in [4.78, 5) is 0. The molecule has 34 heavy (non-hydrogen) atoms. The van der Waals surface area contributed by atoms with E-state index < -0.39 is 5.75 Å². The topological polar surface area (TPSA) is 202 Å². The maximum Gasteiger partial charge on any atom is 0.200 e. The fraction of sp³-hybridized carbons (Fsp3) is 0. The lowest BCUT2D eigenvalue weighted by atomic mass is 10.3. The minimum atomic E-state index is -0.475. The van der Waals surface area contributed by atoms with Gasteiger partial charge in [0.1, 0.15) is 28.7 Å². The average Bonchev–Trinajstić information content (AvgIpc) is 2.74. The molecule has 0 heterocycles. The lowest BCUT2D eigenvalue weighted by Crippen LogP contribution is -1.67. The molecule has 0 aliphatic heterocycles. The summed E-state index contributed by atoms with van der Waals surface area (Å²) < 4.78 is 0. The van der Waals surface area contributed by atoms with Gasteiger partial charge >= 0.3 is 0 Å². The quantitative estimate of drug-likeness (QED) is 0.168. The summed E-state index contributed by atoms with van der Waals surface area (Å²) in [6, 6.07) is 19.4. The highest BCUT2D eigenvalue weighted by molar-refractivity contribution is 5.47. The van der Waals surface area contributed by atoms with Crippen LogP contribution in [0.2, 0.25) is 0 Å². The number of benzene rings is 4. The molecule has 0 spiro atoms. The molecule has 0 atom stereocenters. The number of phenols is 10. The van der Waals surface area contributed by atoms with E-state index in [4.69, 9.17) is 51.1 Å². The predicted molar refractivity (Wildman–Crippen MR) is 122 cm³/mol. The summed E-state index contributed by atoms with van der Waals surface area (Å²) in [5.74, 6) is -1.51. The predicted octanol–water partition coefficient (Wildman–Crippen LogP) is 3.80. The molecule has 0 aliphatic rings. The van der Waals surface area contributed by atoms with Crippen molar-refractivity contribution in [3.05, 3.63) is 84.9 Å². The Morgan fingerprint density at radius 3 is 0.853 bits per heavy atom. The molecule has 10 nitrogen and oxygen atoms in total. The van der Waals surface area contributed by atoms with Crippen molar-refractivity contribution in [1.82, 2.24) is 0 Å². The van der Waals surface area contributed by atoms with Gasteiger partial charge in [0, 0.05) is 24.3 Å². The first-order valence-electron chi connectivity index (χ1n) is 9.36. The van der Waals surface area contributed by atoms with Crippen LogP contribution in [0.5, 0.6) is 57.5 Å². The summed E-state index contributed by atoms with van der Waals surface area (Å²) in [5.41, 5.74) is 0. The van der Waals surface area contributed by atoms with Crippen molar-refractivity contribution in [1.29, 1.82) is 0 Å². The van der Waals surface area contributed by atoms with Crippen molar-refractivity contribution in [3.8, 4) is 57.5 Å². The summed E-state index contributed by atoms with van der Waals surface area (Å²) in [7, 11) is 0. The number of aromatic hydroxyl groups is 10. The summed E-state index contributed by atoms with van der Waals surface area (Å²) >= 11 is 0. The molecule has 180 valence electrons. The first kappa shape index (κ1) is 26.9. The van der Waals surface area contributed by atoms with E-state index in [1.54, 1.807) is 18.2 Å². The number of hydrogen-bond donors (Lipinski definition) is 10. The lowest BCUT2D eigenvalue weighted by Gasteiger charge is -1.96. The summed E-state index contributed by atoms with van der Waals surface area (Å²) in [6.45, 7) is 0. The molecule has 4 aromatic rings. The van der Waals surface area contributed by atoms with Crippen LogP contribution >= 0.6 is 0 Å². The Morgan fingerprint density at radius 2 is 0.588 bits per heavy atom. The zero-order valence-corrected chi connectivity index (χ0v) is 17.6. The molecule has 10 N–H and O–H groups in total. The standard InChI is InChI=1S/2C6H6O3.2C6H6O2/c7-4-1-5(8)3-6(9)2-4;7-4-2-1-3-5(8)6(4)9;7-5-2-1-3-6(8)4-5;7-5-3-1-2-4-6(5)8/h2*1-3,7-9H;2*1-4,7-8H. The number of para-hydroxylation sites is 3. The van der Waals surface area contributed by atoms with Gasteiger partial charge in [0.25, 0.3) is 0 Å². The summed E-state index contributed by atoms with van der Waals surface area (Å²) in [6.07, 6.45) is 0. The minimum absolute atomic E-state index is 0.0764. The number of hydrogen-bond acceptors (Lipinski definition) is 10. The molecule has 0 saturated heterocycles. The Bertz CT molecular complexity index is 1070. The van der Waals surface area contributed by atoms with Gasteiger partial charge in [-0.25, -0.2) is 0 Å². The average molecular weight is 472 g/mol. The van der Waals surface area contributed by atoms with Crippen molar-refractivity contribution in [2.24, 2.45) is 0 Å². The van der Waals surface area contributed by atoms with Gasteiger partial charge in [-0.05, 0) is 36.4 Å². The Morgan fingerprint density at radius 1 is 0.294 bits per heavy atom. The van der Waals surface area contributed by atoms with Crippen molar-refractivity contribution in [2.45, 2.75) is 0 Å². The van der Waals surface area contributed by atoms with Crippen molar-refractivity contribution in [2.75, 3.05) is 0 Å². The van der Waals surface area contributed by atoms with Gasteiger partial charge in [-0.1, -0.05) is 24.3 Å². The molecule has 0 fully saturated rings. The van der Waals surface area contributed by atoms with E-state index in [0.717, 1.165) is 18.2 Å². The number of phenolic OH excluding ortho intramolecular Hbond substituents is 10. The molecule has 0 bridgehead atoms. The number of rotatable bonds is 0. The highest BCUT2D eigenvalue weighted by atomic mass is 16.3. The van der Waals surface area contributed by atoms with E-state index in [9.17, 15) is 0 Å². The molecule has 4 rings (SSSR count). The van der Waals surface area contributed by atoms with E-state index in [1.165, 1.54) is 48.5 Å². The van der Waals surface area contributed by atoms with Gasteiger partial charge in [-0.15, -0.1) is 0 Å². The smallest absolute Gasteiger partial charge is 0.200 e. The van der Waals surface area contributed by atoms with Crippen LogP contribution in [-0.4, -0.2) is 51.1 Å². The highest BCUT2D eigenvalue weighted by Gasteiger charge is 2.01. The van der Waals surface area contributed by atoms with Crippen LogP contribution in [-0.2, 0) is 0 Å². The molecule has 0 aliphatic carbocycles. The van der Waals surface area contributed by atoms with E-state index in [2.05, 4.69) is 0 Å². The Balaban J connectivity index is 0.000000227. The molecule has 0 aromatic heterocycles. The second-order valence-corrected chi connectivity index (χ2v) is 6.36. The molecule has 0 saturated carbocycles. The van der Waals surface area contributed by atoms with Crippen LogP contribution in [0.1, 0.15) is 0 Å². The molecular formula is C24H24O10. The van der Waals surface area contributed by atoms with Crippen LogP contribution in [0.4, 0.5) is 0 Å². The van der Waals surface area contributed by atoms with E-state index in [-0.39, 0.29) is 51.7 Å². The van der Waals surface area contributed by atoms with E-state index >= 15 is 0 Å². The van der Waals surface area contributed by atoms with Crippen LogP contribution in [0.15, 0.2) is 84.9 Å². The van der Waals surface area contributed by atoms with Gasteiger partial charge < -0.3 is 51.1 Å². The Labute approximate surface area is 194 Å². The maximum atomic E-state index is 8.71. The van der Waals surface area contributed by atoms with Gasteiger partial charge in [-0.3, -0.25) is 0 Å². The van der Waals surface area contributed by atoms with Crippen molar-refractivity contribution < 1.29 is 51.1 Å². The third-order valence-electron chi connectivity index (χ3n) is 3.59. The normalized spacial score (nSPS) is 9.18. The SMILES string of the molecule is Oc1cc(O)cc(O)c1.Oc1cccc(O)c1.Oc1cccc(O)c1O.Oc1ccccc1O. The fourth-order valence-corrected chi connectivity index (χ4v) is 2.06. The second kappa shape index (κ2) is 13.3. The zero-order chi connectivity index (χ0) is 25.7.